The molecule has 4 heteroatoms. The van der Waals surface area contributed by atoms with Crippen molar-refractivity contribution in [1.29, 1.82) is 0 Å². The highest BCUT2D eigenvalue weighted by Gasteiger charge is 2.52. The van der Waals surface area contributed by atoms with Crippen molar-refractivity contribution in [2.24, 2.45) is 22.7 Å². The van der Waals surface area contributed by atoms with Crippen molar-refractivity contribution >= 4 is 17.5 Å². The quantitative estimate of drug-likeness (QED) is 0.665. The molecule has 0 amide bonds. The van der Waals surface area contributed by atoms with Crippen LogP contribution in [0.15, 0.2) is 0 Å². The zero-order valence-corrected chi connectivity index (χ0v) is 15.5. The van der Waals surface area contributed by atoms with Crippen LogP contribution < -0.4 is 0 Å². The van der Waals surface area contributed by atoms with Crippen LogP contribution in [0.4, 0.5) is 0 Å². The third kappa shape index (κ3) is 4.65. The third-order valence-electron chi connectivity index (χ3n) is 5.95. The Labute approximate surface area is 140 Å². The Morgan fingerprint density at radius 1 is 1.13 bits per heavy atom. The van der Waals surface area contributed by atoms with Crippen LogP contribution in [0.2, 0.25) is 0 Å². The Bertz CT molecular complexity index is 466. The van der Waals surface area contributed by atoms with Gasteiger partial charge in [0.1, 0.15) is 11.6 Å². The summed E-state index contributed by atoms with van der Waals surface area (Å²) in [5.74, 6) is -0.0801. The monoisotopic (exact) mass is 324 g/mol. The van der Waals surface area contributed by atoms with Crippen molar-refractivity contribution in [1.82, 2.24) is 0 Å². The fourth-order valence-corrected chi connectivity index (χ4v) is 4.69. The molecule has 1 saturated carbocycles. The van der Waals surface area contributed by atoms with Crippen molar-refractivity contribution < 1.29 is 19.1 Å². The maximum Gasteiger partial charge on any atom is 0.305 e. The van der Waals surface area contributed by atoms with Crippen molar-refractivity contribution in [2.75, 3.05) is 7.11 Å². The van der Waals surface area contributed by atoms with Gasteiger partial charge in [-0.3, -0.25) is 9.59 Å². The first-order valence-corrected chi connectivity index (χ1v) is 8.61. The van der Waals surface area contributed by atoms with Crippen LogP contribution >= 0.6 is 0 Å². The highest BCUT2D eigenvalue weighted by atomic mass is 16.5. The lowest BCUT2D eigenvalue weighted by atomic mass is 9.50. The molecule has 1 aliphatic rings. The van der Waals surface area contributed by atoms with E-state index in [0.717, 1.165) is 19.3 Å². The van der Waals surface area contributed by atoms with Gasteiger partial charge in [-0.1, -0.05) is 27.2 Å². The van der Waals surface area contributed by atoms with E-state index in [1.54, 1.807) is 13.8 Å². The van der Waals surface area contributed by atoms with E-state index in [-0.39, 0.29) is 40.2 Å². The van der Waals surface area contributed by atoms with Gasteiger partial charge in [0.05, 0.1) is 7.11 Å². The lowest BCUT2D eigenvalue weighted by Gasteiger charge is -2.53. The zero-order valence-electron chi connectivity index (χ0n) is 15.5. The number of rotatable bonds is 7. The first-order valence-electron chi connectivity index (χ1n) is 8.61. The second-order valence-corrected chi connectivity index (χ2v) is 8.08. The van der Waals surface area contributed by atoms with E-state index in [1.807, 2.05) is 0 Å². The van der Waals surface area contributed by atoms with Crippen LogP contribution in [0.3, 0.4) is 0 Å². The Balaban J connectivity index is 3.18. The van der Waals surface area contributed by atoms with Crippen molar-refractivity contribution in [3.05, 3.63) is 0 Å². The number of carbonyl (C=O) groups is 3. The number of esters is 1. The molecule has 1 rings (SSSR count). The number of methoxy groups -OCH3 is 1. The van der Waals surface area contributed by atoms with Gasteiger partial charge in [-0.2, -0.15) is 0 Å². The molecule has 1 aliphatic carbocycles. The summed E-state index contributed by atoms with van der Waals surface area (Å²) in [5, 5.41) is 0. The van der Waals surface area contributed by atoms with Gasteiger partial charge in [0.15, 0.2) is 0 Å². The Hall–Kier alpha value is -1.19. The van der Waals surface area contributed by atoms with Gasteiger partial charge in [0, 0.05) is 18.8 Å². The molecular weight excluding hydrogens is 292 g/mol. The van der Waals surface area contributed by atoms with Gasteiger partial charge < -0.3 is 9.53 Å². The van der Waals surface area contributed by atoms with Gasteiger partial charge in [-0.15, -0.1) is 0 Å². The minimum absolute atomic E-state index is 0.0227. The van der Waals surface area contributed by atoms with E-state index in [2.05, 4.69) is 20.8 Å². The highest BCUT2D eigenvalue weighted by Crippen LogP contribution is 2.57. The predicted molar refractivity (Wildman–Crippen MR) is 89.9 cm³/mol. The van der Waals surface area contributed by atoms with E-state index in [4.69, 9.17) is 4.74 Å². The van der Waals surface area contributed by atoms with E-state index in [0.29, 0.717) is 19.3 Å². The minimum atomic E-state index is -0.267. The molecule has 0 aromatic rings. The predicted octanol–water partition coefficient (Wildman–Crippen LogP) is 3.96. The van der Waals surface area contributed by atoms with Crippen LogP contribution in [-0.2, 0) is 19.1 Å². The lowest BCUT2D eigenvalue weighted by molar-refractivity contribution is -0.151. The molecule has 0 aromatic heterocycles. The van der Waals surface area contributed by atoms with Crippen LogP contribution in [0.5, 0.6) is 0 Å². The summed E-state index contributed by atoms with van der Waals surface area (Å²) in [5.41, 5.74) is -0.289. The summed E-state index contributed by atoms with van der Waals surface area (Å²) in [6.07, 6.45) is 4.34. The number of carbonyl (C=O) groups excluding carboxylic acids is 3. The normalized spacial score (nSPS) is 28.0. The Morgan fingerprint density at radius 2 is 1.74 bits per heavy atom. The molecule has 0 saturated heterocycles. The molecule has 0 spiro atoms. The minimum Gasteiger partial charge on any atom is -0.469 e. The molecule has 0 heterocycles. The highest BCUT2D eigenvalue weighted by molar-refractivity contribution is 5.81. The van der Waals surface area contributed by atoms with Crippen molar-refractivity contribution in [2.45, 2.75) is 73.1 Å². The van der Waals surface area contributed by atoms with E-state index in [1.165, 1.54) is 7.11 Å². The molecule has 0 bridgehead atoms. The van der Waals surface area contributed by atoms with Crippen molar-refractivity contribution in [3.8, 4) is 0 Å². The molecule has 0 radical (unpaired) electrons. The second-order valence-electron chi connectivity index (χ2n) is 8.08. The SMILES string of the molecule is COC(=O)C[C@@H]1C(C)(C)CCC[C@@]1(C)[C@H](CCC(C)=O)C(C)=O. The molecular formula is C19H32O4. The maximum atomic E-state index is 12.3. The topological polar surface area (TPSA) is 60.4 Å². The molecule has 0 aromatic carbocycles. The van der Waals surface area contributed by atoms with E-state index < -0.39 is 0 Å². The molecule has 132 valence electrons. The van der Waals surface area contributed by atoms with Gasteiger partial charge in [-0.05, 0) is 49.9 Å². The van der Waals surface area contributed by atoms with Crippen molar-refractivity contribution in [3.63, 3.8) is 0 Å². The van der Waals surface area contributed by atoms with Gasteiger partial charge in [0.2, 0.25) is 0 Å². The molecule has 4 nitrogen and oxygen atoms in total. The number of hydrogen-bond donors (Lipinski definition) is 0. The number of ketones is 2. The van der Waals surface area contributed by atoms with Gasteiger partial charge >= 0.3 is 5.97 Å². The molecule has 0 aliphatic heterocycles. The fraction of sp³-hybridized carbons (Fsp3) is 0.842. The molecule has 3 atom stereocenters. The first-order chi connectivity index (χ1) is 10.5. The molecule has 0 N–H and O–H groups in total. The fourth-order valence-electron chi connectivity index (χ4n) is 4.69. The average molecular weight is 324 g/mol. The second kappa shape index (κ2) is 7.59. The smallest absolute Gasteiger partial charge is 0.305 e. The molecule has 23 heavy (non-hydrogen) atoms. The summed E-state index contributed by atoms with van der Waals surface area (Å²) in [6.45, 7) is 9.68. The summed E-state index contributed by atoms with van der Waals surface area (Å²) >= 11 is 0. The number of hydrogen-bond acceptors (Lipinski definition) is 4. The summed E-state index contributed by atoms with van der Waals surface area (Å²) in [4.78, 5) is 35.7. The maximum absolute atomic E-state index is 12.3. The largest absolute Gasteiger partial charge is 0.469 e. The van der Waals surface area contributed by atoms with E-state index >= 15 is 0 Å². The average Bonchev–Trinajstić information content (AvgIpc) is 2.42. The zero-order chi connectivity index (χ0) is 17.8. The number of Topliss-reactive ketones (excluding diaryl/α,β-unsaturated/α-hetero) is 2. The van der Waals surface area contributed by atoms with Crippen LogP contribution in [-0.4, -0.2) is 24.6 Å². The Kier molecular flexibility index (Phi) is 6.55. The van der Waals surface area contributed by atoms with E-state index in [9.17, 15) is 14.4 Å². The third-order valence-corrected chi connectivity index (χ3v) is 5.95. The van der Waals surface area contributed by atoms with Gasteiger partial charge in [-0.25, -0.2) is 0 Å². The van der Waals surface area contributed by atoms with Crippen LogP contribution in [0.25, 0.3) is 0 Å². The molecule has 0 unspecified atom stereocenters. The standard InChI is InChI=1S/C19H32O4/c1-13(20)8-9-15(14(2)21)19(5)11-7-10-18(3,4)16(19)12-17(22)23-6/h15-16H,7-12H2,1-6H3/t15-,16-,19+/m1/s1. The summed E-state index contributed by atoms with van der Waals surface area (Å²) in [7, 11) is 1.41. The molecule has 1 fully saturated rings. The summed E-state index contributed by atoms with van der Waals surface area (Å²) < 4.78 is 4.90. The van der Waals surface area contributed by atoms with Crippen LogP contribution in [0.1, 0.15) is 73.1 Å². The first kappa shape index (κ1) is 19.9. The van der Waals surface area contributed by atoms with Crippen LogP contribution in [0, 0.1) is 22.7 Å². The number of ether oxygens (including phenoxy) is 1. The lowest BCUT2D eigenvalue weighted by Crippen LogP contribution is -2.49. The summed E-state index contributed by atoms with van der Waals surface area (Å²) in [6, 6.07) is 0. The Morgan fingerprint density at radius 3 is 2.22 bits per heavy atom. The van der Waals surface area contributed by atoms with Gasteiger partial charge in [0.25, 0.3) is 0 Å².